The highest BCUT2D eigenvalue weighted by atomic mass is 32.1. The number of hydrogen-bond donors (Lipinski definition) is 1. The van der Waals surface area contributed by atoms with Gasteiger partial charge in [0.2, 0.25) is 0 Å². The zero-order valence-corrected chi connectivity index (χ0v) is 10.4. The maximum Gasteiger partial charge on any atom is 0.101 e. The van der Waals surface area contributed by atoms with Crippen LogP contribution in [0, 0.1) is 0 Å². The maximum absolute atomic E-state index is 9.53. The summed E-state index contributed by atoms with van der Waals surface area (Å²) < 4.78 is 0. The fraction of sp³-hybridized carbons (Fsp3) is 0.769. The molecule has 88 valence electrons. The van der Waals surface area contributed by atoms with Crippen molar-refractivity contribution in [1.29, 1.82) is 0 Å². The van der Waals surface area contributed by atoms with Gasteiger partial charge in [-0.2, -0.15) is 0 Å². The summed E-state index contributed by atoms with van der Waals surface area (Å²) in [5, 5.41) is 13.0. The topological polar surface area (TPSA) is 33.1 Å². The third-order valence-corrected chi connectivity index (χ3v) is 5.47. The van der Waals surface area contributed by atoms with E-state index in [1.165, 1.54) is 42.8 Å². The van der Waals surface area contributed by atoms with Crippen molar-refractivity contribution in [3.05, 3.63) is 16.1 Å². The van der Waals surface area contributed by atoms with Gasteiger partial charge in [0.1, 0.15) is 5.01 Å². The number of aromatic nitrogens is 1. The Morgan fingerprint density at radius 3 is 2.62 bits per heavy atom. The van der Waals surface area contributed by atoms with E-state index in [-0.39, 0.29) is 12.0 Å². The molecule has 0 aliphatic heterocycles. The van der Waals surface area contributed by atoms with E-state index < -0.39 is 0 Å². The number of aliphatic hydroxyl groups is 1. The molecular formula is C13H19NOS. The quantitative estimate of drug-likeness (QED) is 0.875. The first kappa shape index (κ1) is 10.7. The fourth-order valence-electron chi connectivity index (χ4n) is 2.98. The molecule has 0 amide bonds. The summed E-state index contributed by atoms with van der Waals surface area (Å²) in [5.74, 6) is 0.709. The highest BCUT2D eigenvalue weighted by Gasteiger charge is 2.41. The predicted molar refractivity (Wildman–Crippen MR) is 65.9 cm³/mol. The van der Waals surface area contributed by atoms with E-state index >= 15 is 0 Å². The Bertz CT molecular complexity index is 358. The standard InChI is InChI=1S/C13H19NOS/c15-9-13(6-3-7-13)12-14-11(8-16-12)10-4-1-2-5-10/h8,10,15H,1-7,9H2. The second kappa shape index (κ2) is 4.11. The molecule has 0 spiro atoms. The van der Waals surface area contributed by atoms with E-state index in [4.69, 9.17) is 4.98 Å². The Morgan fingerprint density at radius 2 is 2.06 bits per heavy atom. The summed E-state index contributed by atoms with van der Waals surface area (Å²) in [6, 6.07) is 0. The van der Waals surface area contributed by atoms with Crippen molar-refractivity contribution in [3.8, 4) is 0 Å². The Balaban J connectivity index is 1.81. The average Bonchev–Trinajstić information content (AvgIpc) is 2.86. The molecule has 1 aromatic heterocycles. The molecule has 2 fully saturated rings. The van der Waals surface area contributed by atoms with Crippen LogP contribution in [0.25, 0.3) is 0 Å². The van der Waals surface area contributed by atoms with Gasteiger partial charge in [0.15, 0.2) is 0 Å². The Kier molecular flexibility index (Phi) is 2.76. The summed E-state index contributed by atoms with van der Waals surface area (Å²) in [7, 11) is 0. The lowest BCUT2D eigenvalue weighted by molar-refractivity contribution is 0.119. The summed E-state index contributed by atoms with van der Waals surface area (Å²) in [6.07, 6.45) is 8.86. The largest absolute Gasteiger partial charge is 0.395 e. The lowest BCUT2D eigenvalue weighted by Crippen LogP contribution is -2.37. The molecule has 3 rings (SSSR count). The molecule has 0 bridgehead atoms. The molecule has 0 radical (unpaired) electrons. The molecule has 2 aliphatic rings. The predicted octanol–water partition coefficient (Wildman–Crippen LogP) is 3.21. The van der Waals surface area contributed by atoms with Crippen LogP contribution in [0.1, 0.15) is 61.6 Å². The van der Waals surface area contributed by atoms with E-state index in [2.05, 4.69) is 5.38 Å². The molecule has 16 heavy (non-hydrogen) atoms. The van der Waals surface area contributed by atoms with Crippen LogP contribution in [0.3, 0.4) is 0 Å². The van der Waals surface area contributed by atoms with Gasteiger partial charge >= 0.3 is 0 Å². The molecule has 1 N–H and O–H groups in total. The zero-order chi connectivity index (χ0) is 11.0. The molecule has 0 atom stereocenters. The summed E-state index contributed by atoms with van der Waals surface area (Å²) in [4.78, 5) is 4.82. The van der Waals surface area contributed by atoms with Crippen molar-refractivity contribution in [2.45, 2.75) is 56.3 Å². The van der Waals surface area contributed by atoms with Gasteiger partial charge in [-0.05, 0) is 25.7 Å². The molecule has 0 unspecified atom stereocenters. The van der Waals surface area contributed by atoms with Crippen LogP contribution in [0.15, 0.2) is 5.38 Å². The summed E-state index contributed by atoms with van der Waals surface area (Å²) >= 11 is 1.77. The monoisotopic (exact) mass is 237 g/mol. The minimum absolute atomic E-state index is 0.0432. The van der Waals surface area contributed by atoms with Crippen LogP contribution in [-0.2, 0) is 5.41 Å². The summed E-state index contributed by atoms with van der Waals surface area (Å²) in [5.41, 5.74) is 1.35. The fourth-order valence-corrected chi connectivity index (χ4v) is 4.14. The van der Waals surface area contributed by atoms with E-state index in [1.54, 1.807) is 11.3 Å². The van der Waals surface area contributed by atoms with Gasteiger partial charge in [-0.1, -0.05) is 19.3 Å². The van der Waals surface area contributed by atoms with Crippen LogP contribution in [-0.4, -0.2) is 16.7 Å². The molecule has 2 aliphatic carbocycles. The number of hydrogen-bond acceptors (Lipinski definition) is 3. The number of aliphatic hydroxyl groups excluding tert-OH is 1. The van der Waals surface area contributed by atoms with Gasteiger partial charge < -0.3 is 5.11 Å². The van der Waals surface area contributed by atoms with Crippen LogP contribution in [0.5, 0.6) is 0 Å². The minimum atomic E-state index is 0.0432. The second-order valence-electron chi connectivity index (χ2n) is 5.35. The first-order valence-electron chi connectivity index (χ1n) is 6.41. The highest BCUT2D eigenvalue weighted by molar-refractivity contribution is 7.09. The van der Waals surface area contributed by atoms with Crippen molar-refractivity contribution in [1.82, 2.24) is 4.98 Å². The minimum Gasteiger partial charge on any atom is -0.395 e. The van der Waals surface area contributed by atoms with Crippen molar-refractivity contribution in [2.24, 2.45) is 0 Å². The molecule has 1 heterocycles. The van der Waals surface area contributed by atoms with E-state index in [1.807, 2.05) is 0 Å². The van der Waals surface area contributed by atoms with Crippen LogP contribution in [0.4, 0.5) is 0 Å². The Labute approximate surface area is 101 Å². The number of rotatable bonds is 3. The Morgan fingerprint density at radius 1 is 1.31 bits per heavy atom. The molecule has 2 saturated carbocycles. The van der Waals surface area contributed by atoms with Crippen molar-refractivity contribution >= 4 is 11.3 Å². The van der Waals surface area contributed by atoms with Crippen LogP contribution in [0.2, 0.25) is 0 Å². The third-order valence-electron chi connectivity index (χ3n) is 4.36. The van der Waals surface area contributed by atoms with Crippen molar-refractivity contribution in [3.63, 3.8) is 0 Å². The van der Waals surface area contributed by atoms with Gasteiger partial charge in [-0.25, -0.2) is 4.98 Å². The molecule has 1 aromatic rings. The average molecular weight is 237 g/mol. The molecule has 2 nitrogen and oxygen atoms in total. The van der Waals surface area contributed by atoms with E-state index in [9.17, 15) is 5.11 Å². The van der Waals surface area contributed by atoms with Crippen LogP contribution >= 0.6 is 11.3 Å². The molecular weight excluding hydrogens is 218 g/mol. The highest BCUT2D eigenvalue weighted by Crippen LogP contribution is 2.45. The zero-order valence-electron chi connectivity index (χ0n) is 9.61. The Hall–Kier alpha value is -0.410. The third kappa shape index (κ3) is 1.61. The van der Waals surface area contributed by atoms with Gasteiger partial charge in [0.25, 0.3) is 0 Å². The molecule has 0 saturated heterocycles. The van der Waals surface area contributed by atoms with E-state index in [0.29, 0.717) is 5.92 Å². The second-order valence-corrected chi connectivity index (χ2v) is 6.21. The van der Waals surface area contributed by atoms with Gasteiger partial charge in [-0.3, -0.25) is 0 Å². The first-order chi connectivity index (χ1) is 7.84. The summed E-state index contributed by atoms with van der Waals surface area (Å²) in [6.45, 7) is 0.282. The maximum atomic E-state index is 9.53. The SMILES string of the molecule is OCC1(c2nc(C3CCCC3)cs2)CCC1. The van der Waals surface area contributed by atoms with Gasteiger partial charge in [-0.15, -0.1) is 11.3 Å². The van der Waals surface area contributed by atoms with Crippen molar-refractivity contribution in [2.75, 3.05) is 6.61 Å². The molecule has 0 aromatic carbocycles. The molecule has 3 heteroatoms. The number of thiazole rings is 1. The van der Waals surface area contributed by atoms with Gasteiger partial charge in [0.05, 0.1) is 12.3 Å². The van der Waals surface area contributed by atoms with Crippen molar-refractivity contribution < 1.29 is 5.11 Å². The van der Waals surface area contributed by atoms with Crippen LogP contribution < -0.4 is 0 Å². The van der Waals surface area contributed by atoms with E-state index in [0.717, 1.165) is 12.8 Å². The number of nitrogens with zero attached hydrogens (tertiary/aromatic N) is 1. The first-order valence-corrected chi connectivity index (χ1v) is 7.29. The lowest BCUT2D eigenvalue weighted by atomic mass is 9.70. The normalized spacial score (nSPS) is 24.6. The smallest absolute Gasteiger partial charge is 0.101 e. The van der Waals surface area contributed by atoms with Gasteiger partial charge in [0, 0.05) is 16.7 Å². The lowest BCUT2D eigenvalue weighted by Gasteiger charge is -2.38.